The molecular formula is C15H15FN2O. The Hall–Kier alpha value is -2.36. The summed E-state index contributed by atoms with van der Waals surface area (Å²) in [5.74, 6) is -0.0513. The monoisotopic (exact) mass is 258 g/mol. The molecule has 0 atom stereocenters. The van der Waals surface area contributed by atoms with Gasteiger partial charge in [0.25, 0.3) is 0 Å². The summed E-state index contributed by atoms with van der Waals surface area (Å²) in [6, 6.07) is 11.9. The molecule has 0 fully saturated rings. The van der Waals surface area contributed by atoms with Crippen LogP contribution < -0.4 is 10.5 Å². The Balaban J connectivity index is 2.38. The van der Waals surface area contributed by atoms with Crippen molar-refractivity contribution in [3.8, 4) is 11.5 Å². The van der Waals surface area contributed by atoms with E-state index in [1.54, 1.807) is 12.1 Å². The Bertz CT molecular complexity index is 611. The van der Waals surface area contributed by atoms with Crippen molar-refractivity contribution in [3.63, 3.8) is 0 Å². The summed E-state index contributed by atoms with van der Waals surface area (Å²) < 4.78 is 19.3. The largest absolute Gasteiger partial charge is 0.456 e. The highest BCUT2D eigenvalue weighted by molar-refractivity contribution is 5.98. The van der Waals surface area contributed by atoms with Gasteiger partial charge < -0.3 is 10.5 Å². The van der Waals surface area contributed by atoms with Crippen LogP contribution in [0.1, 0.15) is 18.1 Å². The Morgan fingerprint density at radius 1 is 1.26 bits per heavy atom. The summed E-state index contributed by atoms with van der Waals surface area (Å²) in [6.45, 7) is 2.04. The van der Waals surface area contributed by atoms with E-state index in [0.29, 0.717) is 5.75 Å². The number of hydrogen-bond acceptors (Lipinski definition) is 2. The third kappa shape index (κ3) is 2.91. The van der Waals surface area contributed by atoms with Crippen molar-refractivity contribution in [1.29, 1.82) is 5.41 Å². The second-order valence-electron chi connectivity index (χ2n) is 4.13. The molecule has 0 radical (unpaired) electrons. The maximum absolute atomic E-state index is 13.6. The van der Waals surface area contributed by atoms with Gasteiger partial charge in [-0.15, -0.1) is 0 Å². The average Bonchev–Trinajstić information content (AvgIpc) is 2.38. The van der Waals surface area contributed by atoms with Gasteiger partial charge in [-0.05, 0) is 36.2 Å². The minimum Gasteiger partial charge on any atom is -0.456 e. The van der Waals surface area contributed by atoms with Crippen LogP contribution in [0.25, 0.3) is 0 Å². The van der Waals surface area contributed by atoms with Crippen LogP contribution in [0, 0.1) is 11.2 Å². The van der Waals surface area contributed by atoms with E-state index in [-0.39, 0.29) is 17.1 Å². The predicted molar refractivity (Wildman–Crippen MR) is 73.3 cm³/mol. The van der Waals surface area contributed by atoms with Gasteiger partial charge >= 0.3 is 0 Å². The number of nitrogen functional groups attached to an aromatic ring is 1. The predicted octanol–water partition coefficient (Wildman–Crippen LogP) is 3.46. The van der Waals surface area contributed by atoms with Crippen LogP contribution >= 0.6 is 0 Å². The van der Waals surface area contributed by atoms with Gasteiger partial charge in [0, 0.05) is 0 Å². The summed E-state index contributed by atoms with van der Waals surface area (Å²) in [6.07, 6.45) is 0.889. The number of halogens is 1. The molecule has 0 spiro atoms. The lowest BCUT2D eigenvalue weighted by Gasteiger charge is -2.11. The zero-order chi connectivity index (χ0) is 13.8. The summed E-state index contributed by atoms with van der Waals surface area (Å²) in [7, 11) is 0. The third-order valence-electron chi connectivity index (χ3n) is 2.78. The molecule has 0 aromatic heterocycles. The van der Waals surface area contributed by atoms with Gasteiger partial charge in [0.15, 0.2) is 0 Å². The van der Waals surface area contributed by atoms with Crippen molar-refractivity contribution in [2.75, 3.05) is 0 Å². The molecule has 2 aromatic carbocycles. The molecule has 0 saturated heterocycles. The van der Waals surface area contributed by atoms with E-state index >= 15 is 0 Å². The molecule has 0 unspecified atom stereocenters. The molecule has 0 saturated carbocycles. The van der Waals surface area contributed by atoms with E-state index in [9.17, 15) is 4.39 Å². The third-order valence-corrected chi connectivity index (χ3v) is 2.78. The number of nitrogens with two attached hydrogens (primary N) is 1. The van der Waals surface area contributed by atoms with E-state index in [4.69, 9.17) is 15.9 Å². The molecule has 0 aliphatic heterocycles. The van der Waals surface area contributed by atoms with E-state index in [1.165, 1.54) is 12.1 Å². The number of ether oxygens (including phenoxy) is 1. The molecule has 4 heteroatoms. The van der Waals surface area contributed by atoms with Crippen LogP contribution in [0.3, 0.4) is 0 Å². The smallest absolute Gasteiger partial charge is 0.141 e. The van der Waals surface area contributed by atoms with E-state index in [0.717, 1.165) is 12.0 Å². The topological polar surface area (TPSA) is 59.1 Å². The lowest BCUT2D eigenvalue weighted by Crippen LogP contribution is -2.14. The minimum atomic E-state index is -0.559. The van der Waals surface area contributed by atoms with Gasteiger partial charge in [-0.25, -0.2) is 4.39 Å². The molecule has 0 amide bonds. The first-order valence-electron chi connectivity index (χ1n) is 6.01. The van der Waals surface area contributed by atoms with Crippen molar-refractivity contribution in [3.05, 3.63) is 59.4 Å². The van der Waals surface area contributed by atoms with Crippen LogP contribution in [-0.4, -0.2) is 5.84 Å². The Labute approximate surface area is 111 Å². The summed E-state index contributed by atoms with van der Waals surface area (Å²) in [5, 5.41) is 7.42. The lowest BCUT2D eigenvalue weighted by molar-refractivity contribution is 0.474. The van der Waals surface area contributed by atoms with E-state index < -0.39 is 5.82 Å². The zero-order valence-corrected chi connectivity index (χ0v) is 10.6. The number of amidine groups is 1. The molecule has 0 bridgehead atoms. The Morgan fingerprint density at radius 2 is 2.00 bits per heavy atom. The Morgan fingerprint density at radius 3 is 2.68 bits per heavy atom. The van der Waals surface area contributed by atoms with Crippen molar-refractivity contribution in [1.82, 2.24) is 0 Å². The first-order chi connectivity index (χ1) is 9.11. The van der Waals surface area contributed by atoms with Gasteiger partial charge in [0.05, 0.1) is 5.56 Å². The average molecular weight is 258 g/mol. The first-order valence-corrected chi connectivity index (χ1v) is 6.01. The Kier molecular flexibility index (Phi) is 3.80. The molecule has 3 nitrogen and oxygen atoms in total. The molecule has 0 aliphatic rings. The van der Waals surface area contributed by atoms with E-state index in [2.05, 4.69) is 0 Å². The molecule has 0 heterocycles. The normalized spacial score (nSPS) is 10.2. The van der Waals surface area contributed by atoms with Gasteiger partial charge in [-0.1, -0.05) is 25.1 Å². The van der Waals surface area contributed by atoms with Crippen molar-refractivity contribution in [2.45, 2.75) is 13.3 Å². The van der Waals surface area contributed by atoms with E-state index in [1.807, 2.05) is 25.1 Å². The molecular weight excluding hydrogens is 243 g/mol. The standard InChI is InChI=1S/C15H15FN2O/c1-2-10-5-3-6-11(9-10)19-13-8-4-7-12(16)14(13)15(17)18/h3-9H,2H2,1H3,(H3,17,18). The van der Waals surface area contributed by atoms with Gasteiger partial charge in [0.2, 0.25) is 0 Å². The number of hydrogen-bond donors (Lipinski definition) is 2. The molecule has 2 rings (SSSR count). The molecule has 3 N–H and O–H groups in total. The quantitative estimate of drug-likeness (QED) is 0.651. The van der Waals surface area contributed by atoms with Crippen molar-refractivity contribution < 1.29 is 9.13 Å². The first kappa shape index (κ1) is 13.1. The summed E-state index contributed by atoms with van der Waals surface area (Å²) in [5.41, 5.74) is 6.50. The summed E-state index contributed by atoms with van der Waals surface area (Å²) >= 11 is 0. The van der Waals surface area contributed by atoms with Crippen LogP contribution in [0.5, 0.6) is 11.5 Å². The van der Waals surface area contributed by atoms with Gasteiger partial charge in [-0.2, -0.15) is 0 Å². The maximum atomic E-state index is 13.6. The fourth-order valence-corrected chi connectivity index (χ4v) is 1.81. The molecule has 0 aliphatic carbocycles. The second-order valence-corrected chi connectivity index (χ2v) is 4.13. The fourth-order valence-electron chi connectivity index (χ4n) is 1.81. The van der Waals surface area contributed by atoms with Crippen molar-refractivity contribution in [2.24, 2.45) is 5.73 Å². The highest BCUT2D eigenvalue weighted by Gasteiger charge is 2.13. The molecule has 19 heavy (non-hydrogen) atoms. The van der Waals surface area contributed by atoms with Crippen LogP contribution in [-0.2, 0) is 6.42 Å². The maximum Gasteiger partial charge on any atom is 0.141 e. The second kappa shape index (κ2) is 5.52. The summed E-state index contributed by atoms with van der Waals surface area (Å²) in [4.78, 5) is 0. The van der Waals surface area contributed by atoms with Crippen molar-refractivity contribution >= 4 is 5.84 Å². The van der Waals surface area contributed by atoms with Gasteiger partial charge in [-0.3, -0.25) is 5.41 Å². The minimum absolute atomic E-state index is 0.00981. The van der Waals surface area contributed by atoms with Crippen LogP contribution in [0.4, 0.5) is 4.39 Å². The number of nitrogens with one attached hydrogen (secondary N) is 1. The number of benzene rings is 2. The molecule has 2 aromatic rings. The van der Waals surface area contributed by atoms with Crippen LogP contribution in [0.2, 0.25) is 0 Å². The number of aryl methyl sites for hydroxylation is 1. The number of rotatable bonds is 4. The molecule has 98 valence electrons. The SMILES string of the molecule is CCc1cccc(Oc2cccc(F)c2C(=N)N)c1. The van der Waals surface area contributed by atoms with Gasteiger partial charge in [0.1, 0.15) is 23.2 Å². The highest BCUT2D eigenvalue weighted by atomic mass is 19.1. The lowest BCUT2D eigenvalue weighted by atomic mass is 10.1. The van der Waals surface area contributed by atoms with Crippen LogP contribution in [0.15, 0.2) is 42.5 Å². The fraction of sp³-hybridized carbons (Fsp3) is 0.133. The zero-order valence-electron chi connectivity index (χ0n) is 10.6. The highest BCUT2D eigenvalue weighted by Crippen LogP contribution is 2.27.